The number of unbranched alkanes of at least 4 members (excludes halogenated alkanes) is 1. The van der Waals surface area contributed by atoms with Gasteiger partial charge in [0, 0.05) is 13.1 Å². The number of hydrogen-bond acceptors (Lipinski definition) is 2. The van der Waals surface area contributed by atoms with Crippen LogP contribution >= 0.6 is 46.4 Å². The first-order valence-electron chi connectivity index (χ1n) is 9.68. The number of carbonyl (C=O) groups is 2. The van der Waals surface area contributed by atoms with E-state index in [0.29, 0.717) is 32.2 Å². The second-order valence-corrected chi connectivity index (χ2v) is 8.64. The number of halogens is 4. The monoisotopic (exact) mass is 488 g/mol. The summed E-state index contributed by atoms with van der Waals surface area (Å²) in [6, 6.07) is 9.55. The van der Waals surface area contributed by atoms with Gasteiger partial charge < -0.3 is 10.2 Å². The zero-order valence-electron chi connectivity index (χ0n) is 16.9. The van der Waals surface area contributed by atoms with Crippen molar-refractivity contribution in [3.05, 3.63) is 67.6 Å². The summed E-state index contributed by atoms with van der Waals surface area (Å²) < 4.78 is 0. The Morgan fingerprint density at radius 3 is 2.07 bits per heavy atom. The first-order chi connectivity index (χ1) is 14.2. The second-order valence-electron chi connectivity index (χ2n) is 7.02. The van der Waals surface area contributed by atoms with E-state index in [1.807, 2.05) is 6.92 Å². The Bertz CT molecular complexity index is 905. The number of amides is 2. The van der Waals surface area contributed by atoms with Gasteiger partial charge in [0.25, 0.3) is 0 Å². The maximum Gasteiger partial charge on any atom is 0.242 e. The van der Waals surface area contributed by atoms with Gasteiger partial charge in [0.05, 0.1) is 26.5 Å². The van der Waals surface area contributed by atoms with Crippen molar-refractivity contribution in [2.75, 3.05) is 6.54 Å². The van der Waals surface area contributed by atoms with Gasteiger partial charge in [-0.1, -0.05) is 71.9 Å². The molecule has 0 saturated carbocycles. The first-order valence-corrected chi connectivity index (χ1v) is 11.2. The SMILES string of the molecule is CCCCNC(=O)[C@H](C)N(Cc1ccc(Cl)c(Cl)c1)C(=O)Cc1ccc(Cl)c(Cl)c1. The Morgan fingerprint density at radius 2 is 1.50 bits per heavy atom. The van der Waals surface area contributed by atoms with Crippen LogP contribution in [0.4, 0.5) is 0 Å². The van der Waals surface area contributed by atoms with E-state index in [2.05, 4.69) is 5.32 Å². The highest BCUT2D eigenvalue weighted by Crippen LogP contribution is 2.25. The molecule has 0 radical (unpaired) electrons. The van der Waals surface area contributed by atoms with Crippen LogP contribution in [0, 0.1) is 0 Å². The van der Waals surface area contributed by atoms with Gasteiger partial charge in [-0.25, -0.2) is 0 Å². The maximum atomic E-state index is 13.2. The predicted octanol–water partition coefficient (Wildman–Crippen LogP) is 6.18. The molecule has 0 fully saturated rings. The number of nitrogens with one attached hydrogen (secondary N) is 1. The van der Waals surface area contributed by atoms with E-state index in [9.17, 15) is 9.59 Å². The Balaban J connectivity index is 2.23. The zero-order chi connectivity index (χ0) is 22.3. The summed E-state index contributed by atoms with van der Waals surface area (Å²) >= 11 is 24.2. The van der Waals surface area contributed by atoms with Gasteiger partial charge in [-0.15, -0.1) is 0 Å². The van der Waals surface area contributed by atoms with E-state index in [-0.39, 0.29) is 24.8 Å². The molecule has 0 saturated heterocycles. The molecule has 4 nitrogen and oxygen atoms in total. The lowest BCUT2D eigenvalue weighted by Gasteiger charge is -2.29. The van der Waals surface area contributed by atoms with Crippen LogP contribution < -0.4 is 5.32 Å². The molecule has 0 unspecified atom stereocenters. The number of nitrogens with zero attached hydrogens (tertiary/aromatic N) is 1. The average Bonchev–Trinajstić information content (AvgIpc) is 2.71. The topological polar surface area (TPSA) is 49.4 Å². The van der Waals surface area contributed by atoms with E-state index in [1.165, 1.54) is 4.90 Å². The molecule has 2 amide bonds. The van der Waals surface area contributed by atoms with E-state index >= 15 is 0 Å². The molecule has 1 atom stereocenters. The van der Waals surface area contributed by atoms with Crippen molar-refractivity contribution < 1.29 is 9.59 Å². The Morgan fingerprint density at radius 1 is 0.933 bits per heavy atom. The molecule has 2 aromatic rings. The minimum atomic E-state index is -0.661. The molecule has 30 heavy (non-hydrogen) atoms. The van der Waals surface area contributed by atoms with Crippen molar-refractivity contribution in [3.8, 4) is 0 Å². The number of hydrogen-bond donors (Lipinski definition) is 1. The molecule has 0 aliphatic heterocycles. The Kier molecular flexibility index (Phi) is 9.76. The molecule has 162 valence electrons. The lowest BCUT2D eigenvalue weighted by Crippen LogP contribution is -2.48. The molecule has 0 aliphatic carbocycles. The predicted molar refractivity (Wildman–Crippen MR) is 125 cm³/mol. The molecule has 0 bridgehead atoms. The van der Waals surface area contributed by atoms with Crippen molar-refractivity contribution >= 4 is 58.2 Å². The summed E-state index contributed by atoms with van der Waals surface area (Å²) in [6.07, 6.45) is 1.94. The van der Waals surface area contributed by atoms with Crippen molar-refractivity contribution in [2.45, 2.75) is 45.7 Å². The summed E-state index contributed by atoms with van der Waals surface area (Å²) in [5, 5.41) is 4.51. The van der Waals surface area contributed by atoms with Crippen LogP contribution in [-0.2, 0) is 22.6 Å². The fraction of sp³-hybridized carbons (Fsp3) is 0.364. The third-order valence-electron chi connectivity index (χ3n) is 4.67. The normalized spacial score (nSPS) is 11.8. The minimum absolute atomic E-state index is 0.0881. The molecule has 0 spiro atoms. The third-order valence-corrected chi connectivity index (χ3v) is 6.15. The first kappa shape index (κ1) is 24.8. The highest BCUT2D eigenvalue weighted by molar-refractivity contribution is 6.42. The van der Waals surface area contributed by atoms with Gasteiger partial charge in [0.2, 0.25) is 11.8 Å². The number of rotatable bonds is 9. The summed E-state index contributed by atoms with van der Waals surface area (Å²) in [7, 11) is 0. The van der Waals surface area contributed by atoms with E-state index in [0.717, 1.165) is 18.4 Å². The smallest absolute Gasteiger partial charge is 0.242 e. The number of benzene rings is 2. The van der Waals surface area contributed by atoms with Gasteiger partial charge in [-0.05, 0) is 48.7 Å². The van der Waals surface area contributed by atoms with Crippen LogP contribution in [0.2, 0.25) is 20.1 Å². The van der Waals surface area contributed by atoms with Crippen LogP contribution in [0.1, 0.15) is 37.8 Å². The lowest BCUT2D eigenvalue weighted by molar-refractivity contribution is -0.140. The fourth-order valence-corrected chi connectivity index (χ4v) is 3.52. The number of carbonyl (C=O) groups excluding carboxylic acids is 2. The lowest BCUT2D eigenvalue weighted by atomic mass is 10.1. The zero-order valence-corrected chi connectivity index (χ0v) is 19.9. The highest BCUT2D eigenvalue weighted by atomic mass is 35.5. The van der Waals surface area contributed by atoms with Gasteiger partial charge in [-0.2, -0.15) is 0 Å². The van der Waals surface area contributed by atoms with Crippen molar-refractivity contribution in [3.63, 3.8) is 0 Å². The fourth-order valence-electron chi connectivity index (χ4n) is 2.88. The molecule has 0 aliphatic rings. The van der Waals surface area contributed by atoms with Gasteiger partial charge in [0.15, 0.2) is 0 Å². The van der Waals surface area contributed by atoms with Crippen molar-refractivity contribution in [1.29, 1.82) is 0 Å². The minimum Gasteiger partial charge on any atom is -0.354 e. The maximum absolute atomic E-state index is 13.2. The van der Waals surface area contributed by atoms with Crippen molar-refractivity contribution in [2.24, 2.45) is 0 Å². The van der Waals surface area contributed by atoms with Gasteiger partial charge in [-0.3, -0.25) is 9.59 Å². The van der Waals surface area contributed by atoms with Crippen LogP contribution in [0.3, 0.4) is 0 Å². The molecule has 1 N–H and O–H groups in total. The summed E-state index contributed by atoms with van der Waals surface area (Å²) in [6.45, 7) is 4.55. The molecule has 0 heterocycles. The van der Waals surface area contributed by atoms with Gasteiger partial charge >= 0.3 is 0 Å². The summed E-state index contributed by atoms with van der Waals surface area (Å²) in [4.78, 5) is 27.3. The molecule has 2 aromatic carbocycles. The molecule has 2 rings (SSSR count). The standard InChI is InChI=1S/C22H24Cl4N2O2/c1-3-4-9-27-22(30)14(2)28(13-16-6-8-18(24)20(26)11-16)21(29)12-15-5-7-17(23)19(25)10-15/h5-8,10-11,14H,3-4,9,12-13H2,1-2H3,(H,27,30)/t14-/m0/s1. The molecular weight excluding hydrogens is 466 g/mol. The van der Waals surface area contributed by atoms with Crippen LogP contribution in [0.5, 0.6) is 0 Å². The van der Waals surface area contributed by atoms with E-state index in [1.54, 1.807) is 43.3 Å². The van der Waals surface area contributed by atoms with Crippen LogP contribution in [0.15, 0.2) is 36.4 Å². The summed E-state index contributed by atoms with van der Waals surface area (Å²) in [5.41, 5.74) is 1.49. The molecular formula is C22H24Cl4N2O2. The molecule has 8 heteroatoms. The average molecular weight is 490 g/mol. The van der Waals surface area contributed by atoms with E-state index < -0.39 is 6.04 Å². The summed E-state index contributed by atoms with van der Waals surface area (Å²) in [5.74, 6) is -0.413. The van der Waals surface area contributed by atoms with Gasteiger partial charge in [0.1, 0.15) is 6.04 Å². The third kappa shape index (κ3) is 7.05. The van der Waals surface area contributed by atoms with Crippen LogP contribution in [0.25, 0.3) is 0 Å². The molecule has 0 aromatic heterocycles. The quantitative estimate of drug-likeness (QED) is 0.427. The second kappa shape index (κ2) is 11.8. The van der Waals surface area contributed by atoms with E-state index in [4.69, 9.17) is 46.4 Å². The Hall–Kier alpha value is -1.46. The van der Waals surface area contributed by atoms with Crippen molar-refractivity contribution in [1.82, 2.24) is 10.2 Å². The largest absolute Gasteiger partial charge is 0.354 e. The van der Waals surface area contributed by atoms with Crippen LogP contribution in [-0.4, -0.2) is 29.3 Å². The highest BCUT2D eigenvalue weighted by Gasteiger charge is 2.26. The Labute approximate surface area is 197 Å².